The average molecular weight is 741 g/mol. The van der Waals surface area contributed by atoms with E-state index in [1.807, 2.05) is 0 Å². The third-order valence-corrected chi connectivity index (χ3v) is 9.62. The van der Waals surface area contributed by atoms with Crippen LogP contribution in [0.1, 0.15) is 194 Å². The molecule has 0 saturated carbocycles. The van der Waals surface area contributed by atoms with E-state index in [0.717, 1.165) is 54.6 Å². The van der Waals surface area contributed by atoms with Gasteiger partial charge in [0.05, 0.1) is 37.8 Å². The largest absolute Gasteiger partial charge is 0.369 e. The van der Waals surface area contributed by atoms with Crippen molar-refractivity contribution >= 4 is 11.4 Å². The van der Waals surface area contributed by atoms with Crippen molar-refractivity contribution in [3.63, 3.8) is 0 Å². The van der Waals surface area contributed by atoms with Gasteiger partial charge in [-0.15, -0.1) is 10.5 Å². The smallest absolute Gasteiger partial charge is 0.108 e. The van der Waals surface area contributed by atoms with Gasteiger partial charge in [0.15, 0.2) is 0 Å². The minimum absolute atomic E-state index is 0.198. The Kier molecular flexibility index (Phi) is 28.5. The second kappa shape index (κ2) is 32.1. The molecule has 0 aromatic heterocycles. The van der Waals surface area contributed by atoms with Crippen molar-refractivity contribution in [2.45, 2.75) is 182 Å². The number of unbranched alkanes of at least 4 members (excludes halogenated alkanes) is 16. The molecule has 0 spiro atoms. The Balaban J connectivity index is 2.19. The van der Waals surface area contributed by atoms with Gasteiger partial charge in [-0.05, 0) is 73.4 Å². The zero-order valence-electron chi connectivity index (χ0n) is 35.1. The molecule has 0 amide bonds. The summed E-state index contributed by atoms with van der Waals surface area (Å²) in [5.41, 5.74) is 4.02. The molecule has 0 atom stereocenters. The Morgan fingerprint density at radius 2 is 0.698 bits per heavy atom. The van der Waals surface area contributed by atoms with E-state index in [0.29, 0.717) is 39.0 Å². The second-order valence-electron chi connectivity index (χ2n) is 15.1. The quantitative estimate of drug-likeness (QED) is 0.0509. The maximum atomic E-state index is 6.62. The molecule has 0 aliphatic heterocycles. The zero-order valence-corrected chi connectivity index (χ0v) is 35.1. The van der Waals surface area contributed by atoms with Gasteiger partial charge in [0, 0.05) is 6.61 Å². The Morgan fingerprint density at radius 1 is 0.396 bits per heavy atom. The van der Waals surface area contributed by atoms with Crippen LogP contribution in [0.2, 0.25) is 0 Å². The number of ether oxygens (including phenoxy) is 1. The molecule has 7 heteroatoms. The van der Waals surface area contributed by atoms with Crippen molar-refractivity contribution in [1.29, 1.82) is 0 Å². The fourth-order valence-corrected chi connectivity index (χ4v) is 6.13. The van der Waals surface area contributed by atoms with Crippen LogP contribution in [0.25, 0.3) is 0 Å². The number of anilines is 2. The van der Waals surface area contributed by atoms with E-state index in [4.69, 9.17) is 24.1 Å². The number of hydrogen-bond donors (Lipinski definition) is 0. The molecule has 0 radical (unpaired) electrons. The van der Waals surface area contributed by atoms with Crippen LogP contribution < -0.4 is 10.5 Å². The summed E-state index contributed by atoms with van der Waals surface area (Å²) < 4.78 is 6.62. The molecule has 2 aromatic rings. The van der Waals surface area contributed by atoms with Crippen molar-refractivity contribution in [2.75, 3.05) is 43.5 Å². The van der Waals surface area contributed by atoms with Crippen molar-refractivity contribution < 1.29 is 24.1 Å². The molecule has 0 N–H and O–H groups in total. The molecule has 0 unspecified atom stereocenters. The lowest BCUT2D eigenvalue weighted by atomic mass is 10.0. The van der Waals surface area contributed by atoms with E-state index in [9.17, 15) is 0 Å². The van der Waals surface area contributed by atoms with Gasteiger partial charge in [0.1, 0.15) is 6.10 Å². The van der Waals surface area contributed by atoms with E-state index in [1.165, 1.54) is 103 Å². The van der Waals surface area contributed by atoms with Gasteiger partial charge in [-0.3, -0.25) is 0 Å². The zero-order chi connectivity index (χ0) is 38.2. The summed E-state index contributed by atoms with van der Waals surface area (Å²) in [7, 11) is 0. The molecule has 0 aliphatic rings. The summed E-state index contributed by atoms with van der Waals surface area (Å²) in [5.74, 6) is 0.569. The van der Waals surface area contributed by atoms with Crippen molar-refractivity contribution in [3.05, 3.63) is 59.7 Å². The van der Waals surface area contributed by atoms with Crippen LogP contribution in [0.4, 0.5) is 11.4 Å². The predicted molar refractivity (Wildman–Crippen MR) is 224 cm³/mol. The first kappa shape index (κ1) is 47.0. The number of rotatable bonds is 36. The van der Waals surface area contributed by atoms with Gasteiger partial charge in [0.25, 0.3) is 0 Å². The van der Waals surface area contributed by atoms with Crippen LogP contribution >= 0.6 is 0 Å². The van der Waals surface area contributed by atoms with E-state index in [-0.39, 0.29) is 6.10 Å². The molecule has 0 aliphatic carbocycles. The standard InChI is InChI=1S/C46H80N2O5/c1-7-11-15-19-23-36-50-47(51-37-24-20-16-12-8-2)44-31-27-42(28-32-44)46(49-40-35-41(5)6)43-29-33-45(34-30-43)48(52-38-25-21-17-13-9-3)53-39-26-22-18-14-10-4/h27-34,41,46H,7-26,35-40H2,1-6H3. The lowest BCUT2D eigenvalue weighted by molar-refractivity contribution is -0.0916. The molecule has 0 saturated heterocycles. The molecule has 7 nitrogen and oxygen atoms in total. The van der Waals surface area contributed by atoms with Crippen LogP contribution in [0.5, 0.6) is 0 Å². The summed E-state index contributed by atoms with van der Waals surface area (Å²) in [4.78, 5) is 24.8. The lowest BCUT2D eigenvalue weighted by Crippen LogP contribution is -2.25. The number of benzene rings is 2. The maximum absolute atomic E-state index is 6.62. The molecule has 53 heavy (non-hydrogen) atoms. The Labute approximate surface area is 326 Å². The molecular formula is C46H80N2O5. The number of nitrogens with zero attached hydrogens (tertiary/aromatic N) is 2. The molecular weight excluding hydrogens is 661 g/mol. The molecule has 0 bridgehead atoms. The normalized spacial score (nSPS) is 11.6. The van der Waals surface area contributed by atoms with Gasteiger partial charge in [-0.2, -0.15) is 0 Å². The van der Waals surface area contributed by atoms with Crippen molar-refractivity contribution in [1.82, 2.24) is 0 Å². The Hall–Kier alpha value is -2.16. The lowest BCUT2D eigenvalue weighted by Gasteiger charge is -2.25. The average Bonchev–Trinajstić information content (AvgIpc) is 3.17. The van der Waals surface area contributed by atoms with E-state index in [2.05, 4.69) is 90.1 Å². The van der Waals surface area contributed by atoms with Crippen LogP contribution in [-0.2, 0) is 24.1 Å². The third kappa shape index (κ3) is 22.1. The minimum Gasteiger partial charge on any atom is -0.369 e. The highest BCUT2D eigenvalue weighted by Gasteiger charge is 2.18. The molecule has 2 aromatic carbocycles. The van der Waals surface area contributed by atoms with Gasteiger partial charge < -0.3 is 4.74 Å². The first-order valence-electron chi connectivity index (χ1n) is 22.0. The fourth-order valence-electron chi connectivity index (χ4n) is 6.13. The monoisotopic (exact) mass is 741 g/mol. The van der Waals surface area contributed by atoms with Crippen LogP contribution in [0, 0.1) is 5.92 Å². The van der Waals surface area contributed by atoms with Crippen molar-refractivity contribution in [3.8, 4) is 0 Å². The summed E-state index contributed by atoms with van der Waals surface area (Å²) >= 11 is 0. The molecule has 304 valence electrons. The minimum atomic E-state index is -0.198. The predicted octanol–water partition coefficient (Wildman–Crippen LogP) is 14.1. The SMILES string of the molecule is CCCCCCCON(OCCCCCCC)c1ccc(C(OCCC(C)C)c2ccc(N(OCCCCCCC)OCCCCCCC)cc2)cc1. The van der Waals surface area contributed by atoms with E-state index in [1.54, 1.807) is 10.5 Å². The highest BCUT2D eigenvalue weighted by atomic mass is 17.0. The fraction of sp³-hybridized carbons (Fsp3) is 0.739. The summed E-state index contributed by atoms with van der Waals surface area (Å²) in [6.45, 7) is 16.8. The molecule has 0 heterocycles. The van der Waals surface area contributed by atoms with Crippen LogP contribution in [-0.4, -0.2) is 33.0 Å². The summed E-state index contributed by atoms with van der Waals surface area (Å²) in [6, 6.07) is 17.0. The highest BCUT2D eigenvalue weighted by molar-refractivity contribution is 5.48. The maximum Gasteiger partial charge on any atom is 0.108 e. The van der Waals surface area contributed by atoms with E-state index >= 15 is 0 Å². The first-order chi connectivity index (χ1) is 26.0. The summed E-state index contributed by atoms with van der Waals surface area (Å²) in [6.07, 6.45) is 24.7. The highest BCUT2D eigenvalue weighted by Crippen LogP contribution is 2.31. The Bertz CT molecular complexity index is 969. The van der Waals surface area contributed by atoms with Gasteiger partial charge >= 0.3 is 0 Å². The van der Waals surface area contributed by atoms with Crippen LogP contribution in [0.3, 0.4) is 0 Å². The summed E-state index contributed by atoms with van der Waals surface area (Å²) in [5, 5.41) is 3.30. The molecule has 0 fully saturated rings. The third-order valence-electron chi connectivity index (χ3n) is 9.62. The number of hydrogen-bond acceptors (Lipinski definition) is 7. The molecule has 2 rings (SSSR count). The second-order valence-corrected chi connectivity index (χ2v) is 15.1. The van der Waals surface area contributed by atoms with Gasteiger partial charge in [0.2, 0.25) is 0 Å². The first-order valence-corrected chi connectivity index (χ1v) is 22.0. The van der Waals surface area contributed by atoms with Crippen molar-refractivity contribution in [2.24, 2.45) is 5.92 Å². The van der Waals surface area contributed by atoms with Crippen LogP contribution in [0.15, 0.2) is 48.5 Å². The van der Waals surface area contributed by atoms with Gasteiger partial charge in [-0.25, -0.2) is 19.4 Å². The van der Waals surface area contributed by atoms with E-state index < -0.39 is 0 Å². The topological polar surface area (TPSA) is 52.6 Å². The van der Waals surface area contributed by atoms with Gasteiger partial charge in [-0.1, -0.05) is 169 Å². The Morgan fingerprint density at radius 3 is 0.981 bits per heavy atom.